The molecule has 3 nitrogen and oxygen atoms in total. The number of aliphatic hydroxyl groups is 1. The van der Waals surface area contributed by atoms with Crippen LogP contribution in [0.4, 0.5) is 5.69 Å². The predicted molar refractivity (Wildman–Crippen MR) is 71.2 cm³/mol. The van der Waals surface area contributed by atoms with Crippen molar-refractivity contribution < 1.29 is 9.90 Å². The van der Waals surface area contributed by atoms with Crippen molar-refractivity contribution in [2.24, 2.45) is 0 Å². The van der Waals surface area contributed by atoms with Gasteiger partial charge in [-0.2, -0.15) is 0 Å². The molecule has 3 rings (SSSR count). The Bertz CT molecular complexity index is 515. The van der Waals surface area contributed by atoms with Crippen molar-refractivity contribution in [3.8, 4) is 0 Å². The summed E-state index contributed by atoms with van der Waals surface area (Å²) >= 11 is 0. The molecule has 1 aromatic rings. The summed E-state index contributed by atoms with van der Waals surface area (Å²) in [6, 6.07) is 5.60. The lowest BCUT2D eigenvalue weighted by Crippen LogP contribution is -2.43. The molecule has 2 N–H and O–H groups in total. The third-order valence-corrected chi connectivity index (χ3v) is 4.42. The van der Waals surface area contributed by atoms with Gasteiger partial charge in [0, 0.05) is 5.69 Å². The molecular weight excluding hydrogens is 225 g/mol. The van der Waals surface area contributed by atoms with Crippen LogP contribution < -0.4 is 10.8 Å². The molecule has 1 aliphatic heterocycles. The highest BCUT2D eigenvalue weighted by Crippen LogP contribution is 2.49. The van der Waals surface area contributed by atoms with Gasteiger partial charge in [-0.15, -0.1) is 0 Å². The molecule has 0 bridgehead atoms. The van der Waals surface area contributed by atoms with Gasteiger partial charge in [-0.25, -0.2) is 0 Å². The van der Waals surface area contributed by atoms with E-state index in [1.165, 1.54) is 0 Å². The van der Waals surface area contributed by atoms with Crippen molar-refractivity contribution in [2.45, 2.75) is 43.6 Å². The summed E-state index contributed by atoms with van der Waals surface area (Å²) < 4.78 is 0. The van der Waals surface area contributed by atoms with Gasteiger partial charge in [-0.3, -0.25) is 4.79 Å². The zero-order valence-electron chi connectivity index (χ0n) is 10.5. The number of benzene rings is 1. The standard InChI is InChI=1S/C14H16BNO2/c1-13(18)4-6-14(7-5-13)10-3-2-9(15)8-11(10)16-12(14)17/h2-3,8,18H,4-7H2,1H3,(H,16,17). The van der Waals surface area contributed by atoms with Crippen molar-refractivity contribution in [1.29, 1.82) is 0 Å². The molecule has 92 valence electrons. The molecule has 1 heterocycles. The molecule has 1 aromatic carbocycles. The molecule has 2 aliphatic rings. The van der Waals surface area contributed by atoms with Gasteiger partial charge in [-0.1, -0.05) is 17.6 Å². The van der Waals surface area contributed by atoms with Gasteiger partial charge in [0.15, 0.2) is 0 Å². The van der Waals surface area contributed by atoms with Gasteiger partial charge in [0.1, 0.15) is 7.85 Å². The van der Waals surface area contributed by atoms with Gasteiger partial charge < -0.3 is 10.4 Å². The lowest BCUT2D eigenvalue weighted by molar-refractivity contribution is -0.123. The quantitative estimate of drug-likeness (QED) is 0.665. The third-order valence-electron chi connectivity index (χ3n) is 4.42. The smallest absolute Gasteiger partial charge is 0.235 e. The van der Waals surface area contributed by atoms with E-state index in [0.29, 0.717) is 31.1 Å². The topological polar surface area (TPSA) is 49.3 Å². The molecule has 4 heteroatoms. The fourth-order valence-electron chi connectivity index (χ4n) is 3.16. The van der Waals surface area contributed by atoms with Gasteiger partial charge in [0.05, 0.1) is 11.0 Å². The normalized spacial score (nSPS) is 34.4. The first-order valence-corrected chi connectivity index (χ1v) is 6.37. The largest absolute Gasteiger partial charge is 0.390 e. The highest BCUT2D eigenvalue weighted by atomic mass is 16.3. The lowest BCUT2D eigenvalue weighted by atomic mass is 9.66. The van der Waals surface area contributed by atoms with Crippen molar-refractivity contribution >= 4 is 24.9 Å². The van der Waals surface area contributed by atoms with Crippen LogP contribution >= 0.6 is 0 Å². The number of anilines is 1. The van der Waals surface area contributed by atoms with E-state index >= 15 is 0 Å². The van der Waals surface area contributed by atoms with E-state index in [1.807, 2.05) is 25.1 Å². The van der Waals surface area contributed by atoms with Crippen LogP contribution in [0.2, 0.25) is 0 Å². The van der Waals surface area contributed by atoms with E-state index in [-0.39, 0.29) is 5.91 Å². The summed E-state index contributed by atoms with van der Waals surface area (Å²) in [5.41, 5.74) is 1.44. The van der Waals surface area contributed by atoms with E-state index in [1.54, 1.807) is 0 Å². The molecule has 1 aliphatic carbocycles. The number of nitrogens with one attached hydrogen (secondary N) is 1. The predicted octanol–water partition coefficient (Wildman–Crippen LogP) is 0.995. The van der Waals surface area contributed by atoms with Crippen LogP contribution in [-0.4, -0.2) is 24.5 Å². The van der Waals surface area contributed by atoms with Crippen LogP contribution in [0.15, 0.2) is 18.2 Å². The van der Waals surface area contributed by atoms with Gasteiger partial charge in [0.25, 0.3) is 0 Å². The minimum Gasteiger partial charge on any atom is -0.390 e. The molecule has 1 fully saturated rings. The van der Waals surface area contributed by atoms with Crippen LogP contribution in [-0.2, 0) is 10.2 Å². The van der Waals surface area contributed by atoms with Crippen LogP contribution in [0.5, 0.6) is 0 Å². The van der Waals surface area contributed by atoms with Crippen molar-refractivity contribution in [2.75, 3.05) is 5.32 Å². The van der Waals surface area contributed by atoms with E-state index in [9.17, 15) is 9.90 Å². The Kier molecular flexibility index (Phi) is 2.36. The van der Waals surface area contributed by atoms with Crippen molar-refractivity contribution in [3.63, 3.8) is 0 Å². The van der Waals surface area contributed by atoms with E-state index in [4.69, 9.17) is 7.85 Å². The Morgan fingerprint density at radius 3 is 2.61 bits per heavy atom. The zero-order chi connectivity index (χ0) is 13.0. The SMILES string of the molecule is [B]c1ccc2c(c1)NC(=O)C21CCC(C)(O)CC1. The Labute approximate surface area is 108 Å². The maximum atomic E-state index is 12.3. The molecule has 0 aromatic heterocycles. The molecule has 1 saturated carbocycles. The monoisotopic (exact) mass is 241 g/mol. The fraction of sp³-hybridized carbons (Fsp3) is 0.500. The molecule has 1 spiro atoms. The molecule has 18 heavy (non-hydrogen) atoms. The minimum absolute atomic E-state index is 0.0543. The first kappa shape index (κ1) is 11.8. The fourth-order valence-corrected chi connectivity index (χ4v) is 3.16. The first-order chi connectivity index (χ1) is 8.43. The summed E-state index contributed by atoms with van der Waals surface area (Å²) in [7, 11) is 5.75. The van der Waals surface area contributed by atoms with Gasteiger partial charge in [0.2, 0.25) is 5.91 Å². The summed E-state index contributed by atoms with van der Waals surface area (Å²) in [5.74, 6) is 0.0543. The lowest BCUT2D eigenvalue weighted by Gasteiger charge is -2.39. The Hall–Kier alpha value is -1.29. The highest BCUT2D eigenvalue weighted by molar-refractivity contribution is 6.33. The number of hydrogen-bond donors (Lipinski definition) is 2. The molecular formula is C14H16BNO2. The number of carbonyl (C=O) groups excluding carboxylic acids is 1. The van der Waals surface area contributed by atoms with Gasteiger partial charge >= 0.3 is 0 Å². The number of rotatable bonds is 0. The Balaban J connectivity index is 2.02. The number of carbonyl (C=O) groups is 1. The average Bonchev–Trinajstić information content (AvgIpc) is 2.55. The van der Waals surface area contributed by atoms with Crippen LogP contribution in [0.25, 0.3) is 0 Å². The second-order valence-electron chi connectivity index (χ2n) is 5.84. The minimum atomic E-state index is -0.637. The van der Waals surface area contributed by atoms with E-state index in [2.05, 4.69) is 5.32 Å². The van der Waals surface area contributed by atoms with Crippen molar-refractivity contribution in [3.05, 3.63) is 23.8 Å². The maximum Gasteiger partial charge on any atom is 0.235 e. The molecule has 0 atom stereocenters. The highest BCUT2D eigenvalue weighted by Gasteiger charge is 2.50. The van der Waals surface area contributed by atoms with Crippen LogP contribution in [0.3, 0.4) is 0 Å². The molecule has 0 saturated heterocycles. The summed E-state index contributed by atoms with van der Waals surface area (Å²) in [6.07, 6.45) is 2.71. The molecule has 1 amide bonds. The second-order valence-corrected chi connectivity index (χ2v) is 5.84. The first-order valence-electron chi connectivity index (χ1n) is 6.37. The van der Waals surface area contributed by atoms with Crippen LogP contribution in [0.1, 0.15) is 38.2 Å². The van der Waals surface area contributed by atoms with Crippen LogP contribution in [0, 0.1) is 0 Å². The Morgan fingerprint density at radius 1 is 1.28 bits per heavy atom. The number of fused-ring (bicyclic) bond motifs is 2. The summed E-state index contributed by atoms with van der Waals surface area (Å²) in [6.45, 7) is 1.84. The third kappa shape index (κ3) is 1.59. The molecule has 0 unspecified atom stereocenters. The molecule has 2 radical (unpaired) electrons. The zero-order valence-corrected chi connectivity index (χ0v) is 10.5. The summed E-state index contributed by atoms with van der Waals surface area (Å²) in [4.78, 5) is 12.3. The Morgan fingerprint density at radius 2 is 1.94 bits per heavy atom. The van der Waals surface area contributed by atoms with E-state index < -0.39 is 11.0 Å². The number of amides is 1. The van der Waals surface area contributed by atoms with Gasteiger partial charge in [-0.05, 0) is 44.2 Å². The average molecular weight is 241 g/mol. The summed E-state index contributed by atoms with van der Waals surface area (Å²) in [5, 5.41) is 13.0. The second kappa shape index (κ2) is 3.61. The maximum absolute atomic E-state index is 12.3. The van der Waals surface area contributed by atoms with E-state index in [0.717, 1.165) is 11.3 Å². The number of hydrogen-bond acceptors (Lipinski definition) is 2. The van der Waals surface area contributed by atoms with Crippen molar-refractivity contribution in [1.82, 2.24) is 0 Å².